The van der Waals surface area contributed by atoms with Crippen molar-refractivity contribution in [3.8, 4) is 0 Å². The number of pyridine rings is 1. The number of carbonyl (C=O) groups excluding carboxylic acids is 2. The van der Waals surface area contributed by atoms with Crippen molar-refractivity contribution in [2.24, 2.45) is 0 Å². The Kier molecular flexibility index (Phi) is 5.17. The van der Waals surface area contributed by atoms with Crippen molar-refractivity contribution in [1.82, 2.24) is 20.1 Å². The summed E-state index contributed by atoms with van der Waals surface area (Å²) < 4.78 is 38.8. The molecule has 0 saturated heterocycles. The third-order valence-electron chi connectivity index (χ3n) is 3.06. The first-order chi connectivity index (χ1) is 11.3. The number of rotatable bonds is 4. The van der Waals surface area contributed by atoms with Crippen LogP contribution in [0.25, 0.3) is 0 Å². The number of amides is 2. The second-order valence-corrected chi connectivity index (χ2v) is 4.84. The van der Waals surface area contributed by atoms with E-state index in [2.05, 4.69) is 20.7 Å². The number of alkyl halides is 3. The zero-order chi connectivity index (χ0) is 17.7. The summed E-state index contributed by atoms with van der Waals surface area (Å²) in [6, 6.07) is 3.54. The summed E-state index contributed by atoms with van der Waals surface area (Å²) in [6.45, 7) is 2.42. The van der Waals surface area contributed by atoms with Gasteiger partial charge in [-0.25, -0.2) is 4.98 Å². The predicted molar refractivity (Wildman–Crippen MR) is 77.8 cm³/mol. The van der Waals surface area contributed by atoms with Crippen molar-refractivity contribution in [1.29, 1.82) is 0 Å². The summed E-state index contributed by atoms with van der Waals surface area (Å²) in [6.07, 6.45) is -2.12. The Labute approximate surface area is 134 Å². The highest BCUT2D eigenvalue weighted by Gasteiger charge is 2.32. The van der Waals surface area contributed by atoms with Crippen molar-refractivity contribution in [3.05, 3.63) is 42.0 Å². The molecule has 0 saturated carbocycles. The van der Waals surface area contributed by atoms with E-state index >= 15 is 0 Å². The monoisotopic (exact) mass is 341 g/mol. The molecule has 0 radical (unpaired) electrons. The van der Waals surface area contributed by atoms with Crippen LogP contribution in [0, 0.1) is 6.92 Å². The van der Waals surface area contributed by atoms with Gasteiger partial charge in [0.15, 0.2) is 0 Å². The van der Waals surface area contributed by atoms with Crippen molar-refractivity contribution >= 4 is 17.5 Å². The van der Waals surface area contributed by atoms with Gasteiger partial charge in [-0.3, -0.25) is 14.3 Å². The fourth-order valence-electron chi connectivity index (χ4n) is 1.81. The highest BCUT2D eigenvalue weighted by molar-refractivity contribution is 6.39. The number of aromatic nitrogens is 3. The van der Waals surface area contributed by atoms with E-state index in [0.29, 0.717) is 12.6 Å². The fourth-order valence-corrected chi connectivity index (χ4v) is 1.81. The maximum absolute atomic E-state index is 12.4. The van der Waals surface area contributed by atoms with Crippen LogP contribution in [0.5, 0.6) is 0 Å². The predicted octanol–water partition coefficient (Wildman–Crippen LogP) is 1.36. The number of hydrogen-bond acceptors (Lipinski definition) is 4. The number of aryl methyl sites for hydroxylation is 1. The molecule has 0 fully saturated rings. The minimum absolute atomic E-state index is 0.00827. The zero-order valence-electron chi connectivity index (χ0n) is 12.6. The van der Waals surface area contributed by atoms with Crippen LogP contribution >= 0.6 is 0 Å². The van der Waals surface area contributed by atoms with Crippen molar-refractivity contribution in [2.45, 2.75) is 19.6 Å². The summed E-state index contributed by atoms with van der Waals surface area (Å²) in [5, 5.41) is 8.58. The molecule has 0 spiro atoms. The molecule has 0 bridgehead atoms. The number of anilines is 1. The molecule has 2 amide bonds. The molecule has 24 heavy (non-hydrogen) atoms. The molecule has 7 nitrogen and oxygen atoms in total. The Morgan fingerprint density at radius 2 is 1.96 bits per heavy atom. The number of carbonyl (C=O) groups is 2. The molecular formula is C14H14F3N5O2. The van der Waals surface area contributed by atoms with Crippen LogP contribution < -0.4 is 10.6 Å². The molecule has 0 aromatic carbocycles. The molecule has 2 rings (SSSR count). The topological polar surface area (TPSA) is 88.9 Å². The number of nitrogens with one attached hydrogen (secondary N) is 2. The summed E-state index contributed by atoms with van der Waals surface area (Å²) in [5.41, 5.74) is -0.185. The number of nitrogens with zero attached hydrogens (tertiary/aromatic N) is 3. The first-order valence-electron chi connectivity index (χ1n) is 6.88. The lowest BCUT2D eigenvalue weighted by Crippen LogP contribution is -2.37. The molecule has 0 unspecified atom stereocenters. The lowest BCUT2D eigenvalue weighted by Gasteiger charge is -2.09. The molecule has 0 atom stereocenters. The molecule has 0 aliphatic carbocycles. The molecule has 0 aliphatic heterocycles. The summed E-state index contributed by atoms with van der Waals surface area (Å²) in [7, 11) is 0. The van der Waals surface area contributed by atoms with Crippen LogP contribution in [0.4, 0.5) is 18.9 Å². The van der Waals surface area contributed by atoms with E-state index in [1.807, 2.05) is 6.92 Å². The Hall–Kier alpha value is -2.91. The molecule has 2 aromatic heterocycles. The van der Waals surface area contributed by atoms with Gasteiger partial charge in [0.1, 0.15) is 5.69 Å². The molecule has 10 heteroatoms. The fraction of sp³-hybridized carbons (Fsp3) is 0.286. The van der Waals surface area contributed by atoms with Gasteiger partial charge < -0.3 is 10.6 Å². The standard InChI is InChI=1S/C14H14F3N5O2/c1-9-4-5-20-22(9)7-6-18-12(23)13(24)21-10-2-3-11(19-8-10)14(15,16)17/h2-5,8H,6-7H2,1H3,(H,18,23)(H,21,24). The largest absolute Gasteiger partial charge is 0.433 e. The normalized spacial score (nSPS) is 11.2. The van der Waals surface area contributed by atoms with E-state index in [0.717, 1.165) is 18.0 Å². The van der Waals surface area contributed by atoms with E-state index in [1.165, 1.54) is 0 Å². The van der Waals surface area contributed by atoms with Gasteiger partial charge in [0, 0.05) is 18.4 Å². The second kappa shape index (κ2) is 7.11. The van der Waals surface area contributed by atoms with E-state index in [9.17, 15) is 22.8 Å². The number of hydrogen-bond donors (Lipinski definition) is 2. The van der Waals surface area contributed by atoms with Crippen LogP contribution in [0.3, 0.4) is 0 Å². The molecule has 2 N–H and O–H groups in total. The molecule has 0 aliphatic rings. The summed E-state index contributed by atoms with van der Waals surface area (Å²) >= 11 is 0. The Bertz CT molecular complexity index is 725. The van der Waals surface area contributed by atoms with Gasteiger partial charge in [-0.2, -0.15) is 18.3 Å². The van der Waals surface area contributed by atoms with Crippen molar-refractivity contribution < 1.29 is 22.8 Å². The highest BCUT2D eigenvalue weighted by atomic mass is 19.4. The first kappa shape index (κ1) is 17.4. The van der Waals surface area contributed by atoms with Crippen LogP contribution in [0.1, 0.15) is 11.4 Å². The average molecular weight is 341 g/mol. The molecule has 128 valence electrons. The Morgan fingerprint density at radius 1 is 1.21 bits per heavy atom. The lowest BCUT2D eigenvalue weighted by molar-refractivity contribution is -0.141. The van der Waals surface area contributed by atoms with Crippen LogP contribution in [-0.4, -0.2) is 33.1 Å². The van der Waals surface area contributed by atoms with Gasteiger partial charge >= 0.3 is 18.0 Å². The van der Waals surface area contributed by atoms with Crippen LogP contribution in [0.2, 0.25) is 0 Å². The van der Waals surface area contributed by atoms with Crippen LogP contribution in [0.15, 0.2) is 30.6 Å². The third kappa shape index (κ3) is 4.54. The first-order valence-corrected chi connectivity index (χ1v) is 6.88. The van der Waals surface area contributed by atoms with Gasteiger partial charge in [-0.1, -0.05) is 0 Å². The molecule has 2 aromatic rings. The Morgan fingerprint density at radius 3 is 2.50 bits per heavy atom. The van der Waals surface area contributed by atoms with Gasteiger partial charge in [0.05, 0.1) is 18.4 Å². The molecular weight excluding hydrogens is 327 g/mol. The SMILES string of the molecule is Cc1ccnn1CCNC(=O)C(=O)Nc1ccc(C(F)(F)F)nc1. The van der Waals surface area contributed by atoms with Crippen molar-refractivity contribution in [2.75, 3.05) is 11.9 Å². The van der Waals surface area contributed by atoms with E-state index in [1.54, 1.807) is 16.9 Å². The summed E-state index contributed by atoms with van der Waals surface area (Å²) in [5.74, 6) is -1.89. The zero-order valence-corrected chi connectivity index (χ0v) is 12.6. The van der Waals surface area contributed by atoms with Gasteiger partial charge in [-0.15, -0.1) is 0 Å². The maximum atomic E-state index is 12.4. The van der Waals surface area contributed by atoms with Crippen LogP contribution in [-0.2, 0) is 22.3 Å². The Balaban J connectivity index is 1.83. The van der Waals surface area contributed by atoms with E-state index in [-0.39, 0.29) is 12.2 Å². The highest BCUT2D eigenvalue weighted by Crippen LogP contribution is 2.27. The quantitative estimate of drug-likeness (QED) is 0.822. The van der Waals surface area contributed by atoms with Gasteiger partial charge in [0.2, 0.25) is 0 Å². The average Bonchev–Trinajstić information content (AvgIpc) is 2.92. The summed E-state index contributed by atoms with van der Waals surface area (Å²) in [4.78, 5) is 26.5. The number of halogens is 3. The minimum Gasteiger partial charge on any atom is -0.346 e. The van der Waals surface area contributed by atoms with E-state index < -0.39 is 23.7 Å². The third-order valence-corrected chi connectivity index (χ3v) is 3.06. The lowest BCUT2D eigenvalue weighted by atomic mass is 10.3. The van der Waals surface area contributed by atoms with Crippen molar-refractivity contribution in [3.63, 3.8) is 0 Å². The van der Waals surface area contributed by atoms with Gasteiger partial charge in [0.25, 0.3) is 0 Å². The maximum Gasteiger partial charge on any atom is 0.433 e. The molecule has 2 heterocycles. The minimum atomic E-state index is -4.56. The smallest absolute Gasteiger partial charge is 0.346 e. The second-order valence-electron chi connectivity index (χ2n) is 4.84. The van der Waals surface area contributed by atoms with E-state index in [4.69, 9.17) is 0 Å². The van der Waals surface area contributed by atoms with Gasteiger partial charge in [-0.05, 0) is 25.1 Å².